The molecule has 1 aliphatic heterocycles. The van der Waals surface area contributed by atoms with E-state index in [0.717, 1.165) is 31.7 Å². The molecular weight excluding hydrogens is 316 g/mol. The van der Waals surface area contributed by atoms with E-state index in [1.807, 2.05) is 42.2 Å². The lowest BCUT2D eigenvalue weighted by Crippen LogP contribution is -2.35. The number of hydrogen-bond acceptors (Lipinski definition) is 4. The van der Waals surface area contributed by atoms with Crippen molar-refractivity contribution in [3.63, 3.8) is 0 Å². The van der Waals surface area contributed by atoms with Crippen LogP contribution in [0.1, 0.15) is 29.3 Å². The number of carbonyl (C=O) groups excluding carboxylic acids is 1. The molecule has 0 bridgehead atoms. The Hall–Kier alpha value is -2.40. The third-order valence-corrected chi connectivity index (χ3v) is 4.38. The lowest BCUT2D eigenvalue weighted by molar-refractivity contribution is 0.0730. The first-order chi connectivity index (χ1) is 12.3. The van der Waals surface area contributed by atoms with Crippen molar-refractivity contribution in [3.8, 4) is 5.88 Å². The maximum absolute atomic E-state index is 12.7. The Bertz CT molecular complexity index is 667. The summed E-state index contributed by atoms with van der Waals surface area (Å²) in [5.41, 5.74) is 1.67. The van der Waals surface area contributed by atoms with E-state index in [-0.39, 0.29) is 5.91 Å². The van der Waals surface area contributed by atoms with Crippen LogP contribution in [-0.4, -0.2) is 42.1 Å². The van der Waals surface area contributed by atoms with Gasteiger partial charge in [-0.3, -0.25) is 4.79 Å². The van der Waals surface area contributed by atoms with E-state index in [0.29, 0.717) is 30.5 Å². The molecule has 1 aromatic heterocycles. The summed E-state index contributed by atoms with van der Waals surface area (Å²) in [5.74, 6) is 0.967. The van der Waals surface area contributed by atoms with Crippen LogP contribution in [0.2, 0.25) is 0 Å². The molecule has 132 valence electrons. The number of carbonyl (C=O) groups is 1. The number of ether oxygens (including phenoxy) is 2. The first-order valence-corrected chi connectivity index (χ1v) is 8.76. The van der Waals surface area contributed by atoms with Crippen LogP contribution in [0, 0.1) is 5.92 Å². The average molecular weight is 340 g/mol. The second kappa shape index (κ2) is 8.62. The number of aromatic nitrogens is 1. The summed E-state index contributed by atoms with van der Waals surface area (Å²) in [7, 11) is 0. The zero-order valence-electron chi connectivity index (χ0n) is 14.6. The molecule has 1 atom stereocenters. The Morgan fingerprint density at radius 1 is 1.28 bits per heavy atom. The van der Waals surface area contributed by atoms with Gasteiger partial charge in [-0.05, 0) is 25.0 Å². The fraction of sp³-hybridized carbons (Fsp3) is 0.400. The molecular formula is C20H24N2O3. The van der Waals surface area contributed by atoms with Crippen LogP contribution in [0.4, 0.5) is 0 Å². The summed E-state index contributed by atoms with van der Waals surface area (Å²) in [6, 6.07) is 13.5. The van der Waals surface area contributed by atoms with Crippen LogP contribution in [0.25, 0.3) is 0 Å². The Morgan fingerprint density at radius 2 is 2.12 bits per heavy atom. The molecule has 1 aliphatic rings. The van der Waals surface area contributed by atoms with Crippen LogP contribution in [0.15, 0.2) is 48.7 Å². The lowest BCUT2D eigenvalue weighted by atomic mass is 10.1. The fourth-order valence-corrected chi connectivity index (χ4v) is 2.90. The minimum Gasteiger partial charge on any atom is -0.473 e. The van der Waals surface area contributed by atoms with Crippen LogP contribution in [0.5, 0.6) is 5.88 Å². The van der Waals surface area contributed by atoms with Gasteiger partial charge in [0, 0.05) is 37.9 Å². The van der Waals surface area contributed by atoms with Gasteiger partial charge in [0.25, 0.3) is 5.91 Å². The monoisotopic (exact) mass is 340 g/mol. The summed E-state index contributed by atoms with van der Waals surface area (Å²) >= 11 is 0. The van der Waals surface area contributed by atoms with Crippen molar-refractivity contribution in [3.05, 3.63) is 59.8 Å². The highest BCUT2D eigenvalue weighted by molar-refractivity contribution is 5.94. The van der Waals surface area contributed by atoms with Crippen molar-refractivity contribution < 1.29 is 14.3 Å². The molecule has 5 nitrogen and oxygen atoms in total. The van der Waals surface area contributed by atoms with Gasteiger partial charge in [0.1, 0.15) is 6.61 Å². The van der Waals surface area contributed by atoms with Gasteiger partial charge < -0.3 is 14.4 Å². The van der Waals surface area contributed by atoms with Crippen molar-refractivity contribution >= 4 is 5.91 Å². The maximum atomic E-state index is 12.7. The van der Waals surface area contributed by atoms with E-state index in [1.54, 1.807) is 18.3 Å². The van der Waals surface area contributed by atoms with Crippen LogP contribution >= 0.6 is 0 Å². The minimum absolute atomic E-state index is 0.0107. The maximum Gasteiger partial charge on any atom is 0.255 e. The lowest BCUT2D eigenvalue weighted by Gasteiger charge is -2.23. The second-order valence-electron chi connectivity index (χ2n) is 6.23. The molecule has 0 aliphatic carbocycles. The number of pyridine rings is 1. The number of rotatable bonds is 7. The number of amides is 1. The van der Waals surface area contributed by atoms with Crippen molar-refractivity contribution in [2.24, 2.45) is 5.92 Å². The highest BCUT2D eigenvalue weighted by Gasteiger charge is 2.22. The van der Waals surface area contributed by atoms with E-state index in [4.69, 9.17) is 9.47 Å². The third kappa shape index (κ3) is 4.79. The Balaban J connectivity index is 1.57. The Morgan fingerprint density at radius 3 is 2.76 bits per heavy atom. The highest BCUT2D eigenvalue weighted by atomic mass is 16.5. The van der Waals surface area contributed by atoms with Crippen molar-refractivity contribution in [1.82, 2.24) is 9.88 Å². The molecule has 5 heteroatoms. The van der Waals surface area contributed by atoms with Gasteiger partial charge in [0.15, 0.2) is 0 Å². The van der Waals surface area contributed by atoms with Crippen LogP contribution < -0.4 is 4.74 Å². The largest absolute Gasteiger partial charge is 0.473 e. The highest BCUT2D eigenvalue weighted by Crippen LogP contribution is 2.17. The molecule has 1 amide bonds. The van der Waals surface area contributed by atoms with Gasteiger partial charge in [0.05, 0.1) is 12.2 Å². The van der Waals surface area contributed by atoms with Gasteiger partial charge >= 0.3 is 0 Å². The van der Waals surface area contributed by atoms with Gasteiger partial charge in [-0.15, -0.1) is 0 Å². The summed E-state index contributed by atoms with van der Waals surface area (Å²) in [4.78, 5) is 18.8. The molecule has 0 radical (unpaired) electrons. The van der Waals surface area contributed by atoms with Crippen molar-refractivity contribution in [2.75, 3.05) is 26.3 Å². The predicted octanol–water partition coefficient (Wildman–Crippen LogP) is 3.16. The SMILES string of the molecule is CCN(C[C@@H]1CCOC1)C(=O)c1ccc(OCc2ccccc2)nc1. The first kappa shape index (κ1) is 17.4. The summed E-state index contributed by atoms with van der Waals surface area (Å²) in [6.45, 7) is 5.42. The third-order valence-electron chi connectivity index (χ3n) is 4.38. The molecule has 0 unspecified atom stereocenters. The molecule has 0 N–H and O–H groups in total. The molecule has 3 rings (SSSR count). The Labute approximate surface area is 148 Å². The van der Waals surface area contributed by atoms with Crippen molar-refractivity contribution in [1.29, 1.82) is 0 Å². The van der Waals surface area contributed by atoms with E-state index >= 15 is 0 Å². The zero-order chi connectivity index (χ0) is 17.5. The van der Waals surface area contributed by atoms with Gasteiger partial charge in [0.2, 0.25) is 5.88 Å². The molecule has 0 saturated carbocycles. The molecule has 2 aromatic rings. The summed E-state index contributed by atoms with van der Waals surface area (Å²) in [6.07, 6.45) is 2.62. The zero-order valence-corrected chi connectivity index (χ0v) is 14.6. The standard InChI is InChI=1S/C20H24N2O3/c1-2-22(13-17-10-11-24-14-17)20(23)18-8-9-19(21-12-18)25-15-16-6-4-3-5-7-16/h3-9,12,17H,2,10-11,13-15H2,1H3/t17-/m0/s1. The topological polar surface area (TPSA) is 51.7 Å². The molecule has 1 fully saturated rings. The predicted molar refractivity (Wildman–Crippen MR) is 95.5 cm³/mol. The molecule has 2 heterocycles. The van der Waals surface area contributed by atoms with Gasteiger partial charge in [-0.1, -0.05) is 30.3 Å². The quantitative estimate of drug-likeness (QED) is 0.777. The van der Waals surface area contributed by atoms with E-state index in [2.05, 4.69) is 4.98 Å². The number of nitrogens with zero attached hydrogens (tertiary/aromatic N) is 2. The smallest absolute Gasteiger partial charge is 0.255 e. The van der Waals surface area contributed by atoms with Gasteiger partial charge in [-0.25, -0.2) is 4.98 Å². The first-order valence-electron chi connectivity index (χ1n) is 8.76. The molecule has 25 heavy (non-hydrogen) atoms. The minimum atomic E-state index is 0.0107. The second-order valence-corrected chi connectivity index (χ2v) is 6.23. The summed E-state index contributed by atoms with van der Waals surface area (Å²) < 4.78 is 11.1. The Kier molecular flexibility index (Phi) is 6.01. The van der Waals surface area contributed by atoms with E-state index in [9.17, 15) is 4.79 Å². The van der Waals surface area contributed by atoms with Crippen LogP contribution in [-0.2, 0) is 11.3 Å². The van der Waals surface area contributed by atoms with E-state index < -0.39 is 0 Å². The molecule has 0 spiro atoms. The summed E-state index contributed by atoms with van der Waals surface area (Å²) in [5, 5.41) is 0. The number of hydrogen-bond donors (Lipinski definition) is 0. The van der Waals surface area contributed by atoms with Crippen molar-refractivity contribution in [2.45, 2.75) is 20.0 Å². The molecule has 1 aromatic carbocycles. The molecule has 1 saturated heterocycles. The average Bonchev–Trinajstić information content (AvgIpc) is 3.18. The van der Waals surface area contributed by atoms with Crippen LogP contribution in [0.3, 0.4) is 0 Å². The fourth-order valence-electron chi connectivity index (χ4n) is 2.90. The number of benzene rings is 1. The van der Waals surface area contributed by atoms with E-state index in [1.165, 1.54) is 0 Å². The normalized spacial score (nSPS) is 16.6. The van der Waals surface area contributed by atoms with Gasteiger partial charge in [-0.2, -0.15) is 0 Å².